The van der Waals surface area contributed by atoms with Crippen LogP contribution in [0.4, 0.5) is 45.5 Å². The van der Waals surface area contributed by atoms with Crippen molar-refractivity contribution in [1.29, 1.82) is 0 Å². The summed E-state index contributed by atoms with van der Waals surface area (Å²) < 4.78 is 0. The lowest BCUT2D eigenvalue weighted by Crippen LogP contribution is -2.62. The minimum atomic E-state index is -0.436. The maximum atomic E-state index is 4.88. The molecule has 7 aromatic carbocycles. The summed E-state index contributed by atoms with van der Waals surface area (Å²) in [5, 5.41) is 0. The molecule has 5 heteroatoms. The SMILES string of the molecule is CC(C)(C)c1ccc(N2c3ccc(C(C)(C)C)cc3B3c4cc(C(C)(C)C)ccc4N(c4ccc(C(C)(C)C)cc4)c4cc(N5c6ccc(-c7ccccn7)cc6C6(C)CCc7ccccc7C56C)cc2c43)cc1. The Balaban J connectivity index is 1.21. The molecule has 0 saturated carbocycles. The Labute approximate surface area is 442 Å². The molecule has 1 aromatic heterocycles. The molecule has 2 atom stereocenters. The Hall–Kier alpha value is -6.85. The second kappa shape index (κ2) is 16.3. The van der Waals surface area contributed by atoms with Crippen LogP contribution in [-0.2, 0) is 39.0 Å². The third-order valence-corrected chi connectivity index (χ3v) is 17.8. The van der Waals surface area contributed by atoms with Crippen molar-refractivity contribution in [2.45, 2.75) is 142 Å². The molecule has 0 saturated heterocycles. The standard InChI is InChI=1S/C69H73BN4/c1-64(2,3)46-23-29-50(30-24-46)72-59-34-27-48(66(7,8)9)40-55(59)70-56-41-49(67(10,11)12)28-35-60(56)73(51-31-25-47(26-32-51)65(4,5)6)62-43-52(42-61(72)63(62)70)74-58-33-22-45(57-21-17-18-38-71-57)39-54(58)68(13)37-36-44-19-15-16-20-53(44)69(68,74)14/h15-35,38-43H,36-37H2,1-14H3. The van der Waals surface area contributed by atoms with Crippen molar-refractivity contribution >= 4 is 68.6 Å². The van der Waals surface area contributed by atoms with Gasteiger partial charge in [0.05, 0.1) is 11.2 Å². The van der Waals surface area contributed by atoms with Crippen LogP contribution in [0.25, 0.3) is 11.3 Å². The molecular formula is C69H73BN4. The first-order valence-corrected chi connectivity index (χ1v) is 27.2. The summed E-state index contributed by atoms with van der Waals surface area (Å²) in [5.41, 5.74) is 24.7. The largest absolute Gasteiger partial charge is 0.330 e. The van der Waals surface area contributed by atoms with Crippen LogP contribution >= 0.6 is 0 Å². The predicted octanol–water partition coefficient (Wildman–Crippen LogP) is 16.3. The fraction of sp³-hybridized carbons (Fsp3) is 0.319. The third-order valence-electron chi connectivity index (χ3n) is 17.8. The van der Waals surface area contributed by atoms with Crippen LogP contribution in [0, 0.1) is 0 Å². The average molecular weight is 969 g/mol. The van der Waals surface area contributed by atoms with Gasteiger partial charge >= 0.3 is 0 Å². The van der Waals surface area contributed by atoms with E-state index in [0.717, 1.165) is 35.5 Å². The Morgan fingerprint density at radius 1 is 0.446 bits per heavy atom. The van der Waals surface area contributed by atoms with Crippen LogP contribution < -0.4 is 31.1 Å². The van der Waals surface area contributed by atoms with Gasteiger partial charge in [0.1, 0.15) is 0 Å². The molecule has 0 spiro atoms. The van der Waals surface area contributed by atoms with Crippen molar-refractivity contribution in [3.63, 3.8) is 0 Å². The molecule has 0 amide bonds. The Morgan fingerprint density at radius 2 is 0.932 bits per heavy atom. The van der Waals surface area contributed by atoms with Crippen molar-refractivity contribution in [3.05, 3.63) is 203 Å². The highest BCUT2D eigenvalue weighted by Crippen LogP contribution is 2.65. The number of fused-ring (bicyclic) bond motifs is 9. The van der Waals surface area contributed by atoms with Crippen LogP contribution in [0.5, 0.6) is 0 Å². The molecule has 74 heavy (non-hydrogen) atoms. The topological polar surface area (TPSA) is 22.6 Å². The molecule has 0 fully saturated rings. The van der Waals surface area contributed by atoms with Gasteiger partial charge in [0.25, 0.3) is 6.71 Å². The number of benzene rings is 7. The summed E-state index contributed by atoms with van der Waals surface area (Å²) in [4.78, 5) is 12.9. The van der Waals surface area contributed by atoms with Crippen molar-refractivity contribution in [2.75, 3.05) is 14.7 Å². The number of aryl methyl sites for hydroxylation is 1. The Kier molecular flexibility index (Phi) is 10.6. The monoisotopic (exact) mass is 969 g/mol. The van der Waals surface area contributed by atoms with Crippen molar-refractivity contribution in [1.82, 2.24) is 4.98 Å². The van der Waals surface area contributed by atoms with Crippen LogP contribution in [0.3, 0.4) is 0 Å². The molecule has 8 aromatic rings. The molecule has 4 aliphatic rings. The van der Waals surface area contributed by atoms with E-state index in [1.165, 1.54) is 89.5 Å². The van der Waals surface area contributed by atoms with E-state index in [4.69, 9.17) is 4.98 Å². The number of aromatic nitrogens is 1. The number of hydrogen-bond donors (Lipinski definition) is 0. The van der Waals surface area contributed by atoms with Gasteiger partial charge in [-0.1, -0.05) is 175 Å². The van der Waals surface area contributed by atoms with E-state index >= 15 is 0 Å². The number of nitrogens with zero attached hydrogens (tertiary/aromatic N) is 4. The van der Waals surface area contributed by atoms with Gasteiger partial charge in [-0.3, -0.25) is 4.98 Å². The predicted molar refractivity (Wildman–Crippen MR) is 317 cm³/mol. The van der Waals surface area contributed by atoms with Gasteiger partial charge < -0.3 is 14.7 Å². The molecule has 4 nitrogen and oxygen atoms in total. The lowest BCUT2D eigenvalue weighted by atomic mass is 9.33. The van der Waals surface area contributed by atoms with Crippen molar-refractivity contribution in [2.24, 2.45) is 0 Å². The second-order valence-electron chi connectivity index (χ2n) is 26.5. The fourth-order valence-electron chi connectivity index (χ4n) is 13.2. The fourth-order valence-corrected chi connectivity index (χ4v) is 13.2. The third kappa shape index (κ3) is 7.26. The number of hydrogen-bond acceptors (Lipinski definition) is 4. The smallest absolute Gasteiger partial charge is 0.252 e. The van der Waals surface area contributed by atoms with Gasteiger partial charge in [0.15, 0.2) is 0 Å². The van der Waals surface area contributed by atoms with E-state index in [2.05, 4.69) is 263 Å². The van der Waals surface area contributed by atoms with E-state index in [1.807, 2.05) is 12.3 Å². The molecule has 1 aliphatic carbocycles. The summed E-state index contributed by atoms with van der Waals surface area (Å²) in [6.45, 7) is 33.1. The summed E-state index contributed by atoms with van der Waals surface area (Å²) in [6.07, 6.45) is 3.97. The van der Waals surface area contributed by atoms with Crippen LogP contribution in [-0.4, -0.2) is 11.7 Å². The lowest BCUT2D eigenvalue weighted by Gasteiger charge is -2.52. The van der Waals surface area contributed by atoms with E-state index in [-0.39, 0.29) is 33.8 Å². The van der Waals surface area contributed by atoms with E-state index < -0.39 is 5.54 Å². The summed E-state index contributed by atoms with van der Waals surface area (Å²) in [6, 6.07) is 61.6. The van der Waals surface area contributed by atoms with E-state index in [0.29, 0.717) is 0 Å². The highest BCUT2D eigenvalue weighted by Gasteiger charge is 2.60. The minimum Gasteiger partial charge on any atom is -0.330 e. The second-order valence-corrected chi connectivity index (χ2v) is 26.5. The molecule has 3 aliphatic heterocycles. The number of anilines is 8. The molecular weight excluding hydrogens is 896 g/mol. The van der Waals surface area contributed by atoms with E-state index in [1.54, 1.807) is 0 Å². The van der Waals surface area contributed by atoms with Gasteiger partial charge in [-0.25, -0.2) is 0 Å². The molecule has 12 rings (SSSR count). The zero-order chi connectivity index (χ0) is 52.1. The van der Waals surface area contributed by atoms with Gasteiger partial charge in [0, 0.05) is 62.7 Å². The van der Waals surface area contributed by atoms with E-state index in [9.17, 15) is 0 Å². The highest BCUT2D eigenvalue weighted by atomic mass is 15.3. The molecule has 4 heterocycles. The summed E-state index contributed by atoms with van der Waals surface area (Å²) >= 11 is 0. The Bertz CT molecular complexity index is 3380. The lowest BCUT2D eigenvalue weighted by molar-refractivity contribution is 0.245. The first-order chi connectivity index (χ1) is 35.0. The quantitative estimate of drug-likeness (QED) is 0.164. The van der Waals surface area contributed by atoms with Crippen molar-refractivity contribution < 1.29 is 0 Å². The molecule has 0 N–H and O–H groups in total. The first kappa shape index (κ1) is 48.1. The maximum absolute atomic E-state index is 4.88. The number of rotatable bonds is 4. The zero-order valence-electron chi connectivity index (χ0n) is 46.4. The average Bonchev–Trinajstić information content (AvgIpc) is 3.60. The van der Waals surface area contributed by atoms with Crippen LogP contribution in [0.2, 0.25) is 0 Å². The summed E-state index contributed by atoms with van der Waals surface area (Å²) in [5.74, 6) is 0. The van der Waals surface area contributed by atoms with Crippen LogP contribution in [0.15, 0.2) is 164 Å². The first-order valence-electron chi connectivity index (χ1n) is 27.2. The van der Waals surface area contributed by atoms with Gasteiger partial charge in [-0.05, 0) is 170 Å². The Morgan fingerprint density at radius 3 is 1.43 bits per heavy atom. The maximum Gasteiger partial charge on any atom is 0.252 e. The molecule has 0 radical (unpaired) electrons. The molecule has 2 unspecified atom stereocenters. The highest BCUT2D eigenvalue weighted by molar-refractivity contribution is 7.00. The van der Waals surface area contributed by atoms with Gasteiger partial charge in [-0.15, -0.1) is 0 Å². The number of pyridine rings is 1. The zero-order valence-corrected chi connectivity index (χ0v) is 46.4. The molecule has 372 valence electrons. The van der Waals surface area contributed by atoms with Gasteiger partial charge in [-0.2, -0.15) is 0 Å². The minimum absolute atomic E-state index is 0.0135. The summed E-state index contributed by atoms with van der Waals surface area (Å²) in [7, 11) is 0. The normalized spacial score (nSPS) is 18.8. The van der Waals surface area contributed by atoms with Crippen molar-refractivity contribution in [3.8, 4) is 11.3 Å². The van der Waals surface area contributed by atoms with Crippen LogP contribution in [0.1, 0.15) is 142 Å². The van der Waals surface area contributed by atoms with Gasteiger partial charge in [0.2, 0.25) is 0 Å². The molecule has 0 bridgehead atoms.